The van der Waals surface area contributed by atoms with Crippen LogP contribution in [0.1, 0.15) is 18.2 Å². The third-order valence-electron chi connectivity index (χ3n) is 3.62. The van der Waals surface area contributed by atoms with Crippen molar-refractivity contribution in [2.75, 3.05) is 7.05 Å². The lowest BCUT2D eigenvalue weighted by Gasteiger charge is -2.30. The van der Waals surface area contributed by atoms with Gasteiger partial charge in [-0.1, -0.05) is 24.3 Å². The summed E-state index contributed by atoms with van der Waals surface area (Å²) in [5, 5.41) is 1.25. The predicted molar refractivity (Wildman–Crippen MR) is 72.2 cm³/mol. The van der Waals surface area contributed by atoms with Crippen LogP contribution in [-0.2, 0) is 4.79 Å². The minimum absolute atomic E-state index is 0.00940. The Morgan fingerprint density at radius 2 is 2.06 bits per heavy atom. The molecular weight excluding hydrogens is 224 g/mol. The molecule has 0 bridgehead atoms. The number of aryl methyl sites for hydroxylation is 1. The van der Waals surface area contributed by atoms with Crippen LogP contribution in [0.4, 0.5) is 0 Å². The topological polar surface area (TPSA) is 25.2 Å². The summed E-state index contributed by atoms with van der Waals surface area (Å²) in [5.74, 6) is 0.165. The molecule has 92 valence electrons. The second-order valence-electron chi connectivity index (χ2n) is 4.79. The molecule has 0 N–H and O–H groups in total. The second-order valence-corrected chi connectivity index (χ2v) is 4.79. The molecule has 0 saturated carbocycles. The van der Waals surface area contributed by atoms with E-state index in [1.165, 1.54) is 16.5 Å². The van der Waals surface area contributed by atoms with E-state index in [-0.39, 0.29) is 12.1 Å². The molecule has 3 heteroatoms. The lowest BCUT2D eigenvalue weighted by atomic mass is 10.2. The summed E-state index contributed by atoms with van der Waals surface area (Å²) in [7, 11) is 1.86. The highest BCUT2D eigenvalue weighted by molar-refractivity contribution is 5.84. The number of carbonyl (C=O) groups excluding carboxylic acids is 1. The van der Waals surface area contributed by atoms with Crippen LogP contribution in [0.25, 0.3) is 10.9 Å². The van der Waals surface area contributed by atoms with Crippen molar-refractivity contribution in [1.82, 2.24) is 9.47 Å². The molecule has 1 aliphatic heterocycles. The molecule has 0 fully saturated rings. The van der Waals surface area contributed by atoms with Gasteiger partial charge < -0.3 is 9.47 Å². The van der Waals surface area contributed by atoms with E-state index in [9.17, 15) is 4.79 Å². The van der Waals surface area contributed by atoms with Gasteiger partial charge in [0.25, 0.3) is 0 Å². The zero-order valence-electron chi connectivity index (χ0n) is 10.6. The molecule has 0 saturated heterocycles. The molecule has 0 radical (unpaired) electrons. The molecule has 0 aliphatic carbocycles. The van der Waals surface area contributed by atoms with Crippen molar-refractivity contribution in [2.24, 2.45) is 0 Å². The zero-order valence-corrected chi connectivity index (χ0v) is 10.6. The van der Waals surface area contributed by atoms with Gasteiger partial charge >= 0.3 is 0 Å². The first-order valence-electron chi connectivity index (χ1n) is 6.17. The summed E-state index contributed by atoms with van der Waals surface area (Å²) in [6, 6.07) is 8.30. The van der Waals surface area contributed by atoms with E-state index < -0.39 is 0 Å². The number of benzene rings is 1. The Labute approximate surface area is 106 Å². The van der Waals surface area contributed by atoms with Crippen LogP contribution in [-0.4, -0.2) is 22.4 Å². The predicted octanol–water partition coefficient (Wildman–Crippen LogP) is 2.87. The van der Waals surface area contributed by atoms with Crippen molar-refractivity contribution in [3.05, 3.63) is 48.2 Å². The quantitative estimate of drug-likeness (QED) is 0.704. The summed E-state index contributed by atoms with van der Waals surface area (Å²) >= 11 is 0. The van der Waals surface area contributed by atoms with Crippen molar-refractivity contribution < 1.29 is 4.79 Å². The fourth-order valence-electron chi connectivity index (χ4n) is 2.59. The first kappa shape index (κ1) is 11.1. The average molecular weight is 240 g/mol. The molecule has 2 heterocycles. The van der Waals surface area contributed by atoms with Gasteiger partial charge in [0.15, 0.2) is 0 Å². The minimum Gasteiger partial charge on any atom is -0.323 e. The fourth-order valence-corrected chi connectivity index (χ4v) is 2.59. The number of likely N-dealkylation sites (N-methyl/N-ethyl adjacent to an activating group) is 1. The van der Waals surface area contributed by atoms with Gasteiger partial charge in [-0.25, -0.2) is 0 Å². The molecule has 18 heavy (non-hydrogen) atoms. The largest absolute Gasteiger partial charge is 0.323 e. The fraction of sp³-hybridized carbons (Fsp3) is 0.267. The Kier molecular flexibility index (Phi) is 2.47. The number of nitrogens with zero attached hydrogens (tertiary/aromatic N) is 2. The van der Waals surface area contributed by atoms with Crippen molar-refractivity contribution in [3.8, 4) is 0 Å². The Morgan fingerprint density at radius 3 is 2.89 bits per heavy atom. The van der Waals surface area contributed by atoms with Crippen LogP contribution in [0.15, 0.2) is 42.6 Å². The monoisotopic (exact) mass is 240 g/mol. The van der Waals surface area contributed by atoms with Gasteiger partial charge in [-0.3, -0.25) is 4.79 Å². The molecule has 1 aromatic carbocycles. The number of para-hydroxylation sites is 1. The Balaban J connectivity index is 2.17. The first-order valence-corrected chi connectivity index (χ1v) is 6.17. The average Bonchev–Trinajstić information content (AvgIpc) is 2.71. The first-order chi connectivity index (χ1) is 8.68. The van der Waals surface area contributed by atoms with E-state index in [4.69, 9.17) is 0 Å². The van der Waals surface area contributed by atoms with Crippen molar-refractivity contribution in [3.63, 3.8) is 0 Å². The highest BCUT2D eigenvalue weighted by Gasteiger charge is 2.23. The van der Waals surface area contributed by atoms with E-state index in [1.54, 1.807) is 4.90 Å². The molecule has 1 aromatic heterocycles. The van der Waals surface area contributed by atoms with E-state index >= 15 is 0 Å². The van der Waals surface area contributed by atoms with Crippen molar-refractivity contribution >= 4 is 16.8 Å². The van der Waals surface area contributed by atoms with E-state index in [0.717, 1.165) is 0 Å². The van der Waals surface area contributed by atoms with E-state index in [2.05, 4.69) is 35.9 Å². The summed E-state index contributed by atoms with van der Waals surface area (Å²) in [4.78, 5) is 13.6. The summed E-state index contributed by atoms with van der Waals surface area (Å²) < 4.78 is 2.16. The Bertz CT molecular complexity index is 639. The molecule has 3 rings (SSSR count). The molecular formula is C15H16N2O. The molecule has 1 atom stereocenters. The Hall–Kier alpha value is -2.03. The maximum Gasteiger partial charge on any atom is 0.228 e. The highest BCUT2D eigenvalue weighted by atomic mass is 16.2. The van der Waals surface area contributed by atoms with Crippen LogP contribution in [0.5, 0.6) is 0 Å². The second kappa shape index (κ2) is 4.02. The van der Waals surface area contributed by atoms with Crippen LogP contribution < -0.4 is 0 Å². The third-order valence-corrected chi connectivity index (χ3v) is 3.62. The smallest absolute Gasteiger partial charge is 0.228 e. The van der Waals surface area contributed by atoms with Gasteiger partial charge in [0.1, 0.15) is 6.17 Å². The van der Waals surface area contributed by atoms with Crippen LogP contribution in [0.2, 0.25) is 0 Å². The van der Waals surface area contributed by atoms with Gasteiger partial charge in [-0.15, -0.1) is 0 Å². The van der Waals surface area contributed by atoms with E-state index in [1.807, 2.05) is 25.3 Å². The van der Waals surface area contributed by atoms with Gasteiger partial charge in [0.2, 0.25) is 5.91 Å². The minimum atomic E-state index is -0.00940. The maximum atomic E-state index is 11.8. The lowest BCUT2D eigenvalue weighted by molar-refractivity contribution is -0.132. The van der Waals surface area contributed by atoms with Gasteiger partial charge in [0.05, 0.1) is 5.52 Å². The highest BCUT2D eigenvalue weighted by Crippen LogP contribution is 2.28. The standard InChI is InChI=1S/C15H16N2O/c1-11-10-17(13-7-4-3-6-12(11)13)14-8-5-9-15(18)16(14)2/h3-8,10,14H,9H2,1-2H3. The van der Waals surface area contributed by atoms with E-state index in [0.29, 0.717) is 6.42 Å². The number of aromatic nitrogens is 1. The third kappa shape index (κ3) is 1.55. The van der Waals surface area contributed by atoms with Gasteiger partial charge in [-0.2, -0.15) is 0 Å². The molecule has 2 aromatic rings. The van der Waals surface area contributed by atoms with Gasteiger partial charge in [-0.05, 0) is 24.6 Å². The molecule has 0 spiro atoms. The Morgan fingerprint density at radius 1 is 1.28 bits per heavy atom. The van der Waals surface area contributed by atoms with Crippen molar-refractivity contribution in [2.45, 2.75) is 19.5 Å². The summed E-state index contributed by atoms with van der Waals surface area (Å²) in [6.07, 6.45) is 6.66. The number of amides is 1. The lowest BCUT2D eigenvalue weighted by Crippen LogP contribution is -2.35. The zero-order chi connectivity index (χ0) is 12.7. The van der Waals surface area contributed by atoms with Gasteiger partial charge in [0, 0.05) is 25.1 Å². The number of hydrogen-bond acceptors (Lipinski definition) is 1. The van der Waals surface area contributed by atoms with Crippen LogP contribution >= 0.6 is 0 Å². The molecule has 1 amide bonds. The number of fused-ring (bicyclic) bond motifs is 1. The van der Waals surface area contributed by atoms with Crippen LogP contribution in [0, 0.1) is 6.92 Å². The van der Waals surface area contributed by atoms with Crippen LogP contribution in [0.3, 0.4) is 0 Å². The molecule has 1 unspecified atom stereocenters. The summed E-state index contributed by atoms with van der Waals surface area (Å²) in [5.41, 5.74) is 2.41. The van der Waals surface area contributed by atoms with Crippen molar-refractivity contribution in [1.29, 1.82) is 0 Å². The molecule has 1 aliphatic rings. The number of rotatable bonds is 1. The SMILES string of the molecule is Cc1cn(C2C=CCC(=O)N2C)c2ccccc12. The summed E-state index contributed by atoms with van der Waals surface area (Å²) in [6.45, 7) is 2.10. The molecule has 3 nitrogen and oxygen atoms in total. The normalized spacial score (nSPS) is 19.8. The number of hydrogen-bond donors (Lipinski definition) is 0. The number of carbonyl (C=O) groups is 1. The maximum absolute atomic E-state index is 11.8.